The molecule has 2 heterocycles. The number of tetrazole rings is 2. The van der Waals surface area contributed by atoms with Crippen molar-refractivity contribution in [2.24, 2.45) is 10.2 Å². The number of aliphatic hydroxyl groups excluding tert-OH is 2. The van der Waals surface area contributed by atoms with E-state index in [2.05, 4.69) is 93.8 Å². The first-order chi connectivity index (χ1) is 12.1. The van der Waals surface area contributed by atoms with Crippen molar-refractivity contribution in [3.05, 3.63) is 0 Å². The second kappa shape index (κ2) is 12.0. The Balaban J connectivity index is 0.000000390. The largest absolute Gasteiger partial charge is 0.391 e. The number of aliphatic hydroxyl groups is 2. The highest BCUT2D eigenvalue weighted by Gasteiger charge is 2.02. The third-order valence-corrected chi connectivity index (χ3v) is 2.39. The third kappa shape index (κ3) is 15.1. The molecule has 148 valence electrons. The maximum Gasteiger partial charge on any atom is 0.117 e. The van der Waals surface area contributed by atoms with Crippen molar-refractivity contribution in [1.82, 2.24) is 41.2 Å². The van der Waals surface area contributed by atoms with Crippen molar-refractivity contribution in [2.45, 2.75) is 0 Å². The molecule has 0 aliphatic heterocycles. The first-order valence-corrected chi connectivity index (χ1v) is 7.69. The molecule has 0 amide bonds. The second-order valence-electron chi connectivity index (χ2n) is 7.03. The highest BCUT2D eigenvalue weighted by Crippen LogP contribution is 2.03. The lowest BCUT2D eigenvalue weighted by atomic mass is 10.5. The van der Waals surface area contributed by atoms with Gasteiger partial charge in [0.25, 0.3) is 0 Å². The Bertz CT molecular complexity index is 518. The average molecular weight is 372 g/mol. The number of nitrogens with zero attached hydrogens (tertiary/aromatic N) is 12. The third-order valence-electron chi connectivity index (χ3n) is 2.39. The summed E-state index contributed by atoms with van der Waals surface area (Å²) >= 11 is 0. The fraction of sp³-hybridized carbons (Fsp3) is 0.833. The molecule has 2 aromatic heterocycles. The minimum atomic E-state index is 0.0415. The Morgan fingerprint density at radius 1 is 0.731 bits per heavy atom. The highest BCUT2D eigenvalue weighted by molar-refractivity contribution is 5.10. The van der Waals surface area contributed by atoms with Crippen LogP contribution < -0.4 is 10.2 Å². The van der Waals surface area contributed by atoms with Crippen LogP contribution in [0.4, 0.5) is 11.9 Å². The van der Waals surface area contributed by atoms with Gasteiger partial charge in [0.05, 0.1) is 55.5 Å². The molecule has 0 radical (unpaired) electrons. The molecule has 0 saturated heterocycles. The smallest absolute Gasteiger partial charge is 0.117 e. The Morgan fingerprint density at radius 2 is 1.08 bits per heavy atom. The van der Waals surface area contributed by atoms with E-state index in [9.17, 15) is 0 Å². The zero-order valence-electron chi connectivity index (χ0n) is 16.1. The normalized spacial score (nSPS) is 11.5. The number of hydrogen-bond donors (Lipinski definition) is 2. The molecular weight excluding hydrogens is 344 g/mol. The molecule has 0 bridgehead atoms. The average Bonchev–Trinajstić information content (AvgIpc) is 3.18. The molecule has 2 N–H and O–H groups in total. The quantitative estimate of drug-likeness (QED) is 0.417. The minimum Gasteiger partial charge on any atom is -0.391 e. The van der Waals surface area contributed by atoms with Gasteiger partial charge in [0.15, 0.2) is 0 Å². The highest BCUT2D eigenvalue weighted by atomic mass is 16.3. The number of rotatable bonds is 6. The zero-order valence-corrected chi connectivity index (χ0v) is 16.1. The van der Waals surface area contributed by atoms with Crippen LogP contribution >= 0.6 is 0 Å². The van der Waals surface area contributed by atoms with Crippen LogP contribution in [0.5, 0.6) is 0 Å². The number of hydrogen-bond acceptors (Lipinski definition) is 10. The van der Waals surface area contributed by atoms with E-state index in [1.165, 1.54) is 0 Å². The fourth-order valence-electron chi connectivity index (χ4n) is 1.05. The molecule has 14 heteroatoms. The molecule has 0 unspecified atom stereocenters. The summed E-state index contributed by atoms with van der Waals surface area (Å²) in [5.74, 6) is 0.0830. The SMILES string of the molecule is C[N+](C)(C)CCO.C[N+](C)(C)CCO.N(=N\c1nnn[n-]1)/c1nnn[n-]1. The van der Waals surface area contributed by atoms with Gasteiger partial charge in [0, 0.05) is 0 Å². The molecule has 0 aliphatic carbocycles. The summed E-state index contributed by atoms with van der Waals surface area (Å²) in [5.41, 5.74) is 0. The monoisotopic (exact) mass is 372 g/mol. The van der Waals surface area contributed by atoms with Gasteiger partial charge in [-0.1, -0.05) is 0 Å². The topological polar surface area (TPSA) is 171 Å². The van der Waals surface area contributed by atoms with Gasteiger partial charge in [-0.3, -0.25) is 20.4 Å². The fourth-order valence-corrected chi connectivity index (χ4v) is 1.05. The van der Waals surface area contributed by atoms with Crippen LogP contribution in [-0.4, -0.2) is 119 Å². The van der Waals surface area contributed by atoms with Crippen LogP contribution in [-0.2, 0) is 0 Å². The van der Waals surface area contributed by atoms with Crippen molar-refractivity contribution < 1.29 is 19.2 Å². The summed E-state index contributed by atoms with van der Waals surface area (Å²) in [7, 11) is 12.3. The first-order valence-electron chi connectivity index (χ1n) is 7.69. The maximum absolute atomic E-state index is 8.39. The van der Waals surface area contributed by atoms with E-state index in [0.29, 0.717) is 0 Å². The van der Waals surface area contributed by atoms with E-state index < -0.39 is 0 Å². The summed E-state index contributed by atoms with van der Waals surface area (Å²) < 4.78 is 1.69. The molecule has 26 heavy (non-hydrogen) atoms. The van der Waals surface area contributed by atoms with E-state index in [1.807, 2.05) is 0 Å². The van der Waals surface area contributed by atoms with Gasteiger partial charge in [-0.2, -0.15) is 10.4 Å². The second-order valence-corrected chi connectivity index (χ2v) is 7.03. The van der Waals surface area contributed by atoms with Crippen LogP contribution in [0.25, 0.3) is 0 Å². The van der Waals surface area contributed by atoms with E-state index >= 15 is 0 Å². The molecule has 0 spiro atoms. The Hall–Kier alpha value is -2.42. The van der Waals surface area contributed by atoms with E-state index in [-0.39, 0.29) is 25.1 Å². The molecule has 0 saturated carbocycles. The van der Waals surface area contributed by atoms with E-state index in [1.54, 1.807) is 0 Å². The maximum atomic E-state index is 8.39. The Kier molecular flexibility index (Phi) is 10.9. The van der Waals surface area contributed by atoms with Crippen molar-refractivity contribution in [1.29, 1.82) is 0 Å². The Labute approximate surface area is 152 Å². The summed E-state index contributed by atoms with van der Waals surface area (Å²) in [5, 5.41) is 50.0. The van der Waals surface area contributed by atoms with Gasteiger partial charge < -0.3 is 19.2 Å². The van der Waals surface area contributed by atoms with Crippen molar-refractivity contribution in [2.75, 3.05) is 68.6 Å². The number of likely N-dealkylation sites (N-methyl/N-ethyl adjacent to an activating group) is 2. The van der Waals surface area contributed by atoms with Crippen LogP contribution in [0.2, 0.25) is 0 Å². The molecule has 0 fully saturated rings. The number of azo groups is 1. The van der Waals surface area contributed by atoms with Gasteiger partial charge in [-0.15, -0.1) is 10.4 Å². The predicted molar refractivity (Wildman–Crippen MR) is 90.4 cm³/mol. The summed E-state index contributed by atoms with van der Waals surface area (Å²) in [6.45, 7) is 2.23. The van der Waals surface area contributed by atoms with Crippen LogP contribution in [0.1, 0.15) is 0 Å². The molecule has 0 atom stereocenters. The van der Waals surface area contributed by atoms with Gasteiger partial charge >= 0.3 is 0 Å². The molecule has 2 rings (SSSR count). The standard InChI is InChI=1S/2C5H14NO.C2N10/c2*1-6(2,3)4-5-7;3(1-5-9-10-6-1)4-2-7-11-12-8-2/h2*7H,4-5H2,1-3H3;/q2*+1;-2/b;;4-3+. The molecule has 0 aromatic carbocycles. The van der Waals surface area contributed by atoms with Gasteiger partial charge in [-0.05, 0) is 0 Å². The lowest BCUT2D eigenvalue weighted by molar-refractivity contribution is -0.870. The van der Waals surface area contributed by atoms with Crippen molar-refractivity contribution >= 4 is 11.9 Å². The minimum absolute atomic E-state index is 0.0415. The lowest BCUT2D eigenvalue weighted by Gasteiger charge is -2.21. The van der Waals surface area contributed by atoms with E-state index in [4.69, 9.17) is 10.2 Å². The summed E-state index contributed by atoms with van der Waals surface area (Å²) in [6, 6.07) is 0. The van der Waals surface area contributed by atoms with Gasteiger partial charge in [0.2, 0.25) is 0 Å². The van der Waals surface area contributed by atoms with Crippen LogP contribution in [0, 0.1) is 0 Å². The van der Waals surface area contributed by atoms with Crippen LogP contribution in [0.3, 0.4) is 0 Å². The van der Waals surface area contributed by atoms with Crippen LogP contribution in [0.15, 0.2) is 10.2 Å². The van der Waals surface area contributed by atoms with Gasteiger partial charge in [0.1, 0.15) is 25.0 Å². The van der Waals surface area contributed by atoms with E-state index in [0.717, 1.165) is 22.1 Å². The number of aromatic nitrogens is 8. The van der Waals surface area contributed by atoms with Gasteiger partial charge in [-0.25, -0.2) is 10.2 Å². The van der Waals surface area contributed by atoms with Crippen molar-refractivity contribution in [3.63, 3.8) is 0 Å². The first kappa shape index (κ1) is 23.6. The Morgan fingerprint density at radius 3 is 1.23 bits per heavy atom. The zero-order chi connectivity index (χ0) is 20.1. The molecule has 2 aromatic rings. The lowest BCUT2D eigenvalue weighted by Crippen LogP contribution is -2.36. The number of quaternary nitrogens is 2. The molecule has 0 aliphatic rings. The predicted octanol–water partition coefficient (Wildman–Crippen LogP) is -2.24. The summed E-state index contributed by atoms with van der Waals surface area (Å²) in [6.07, 6.45) is 0. The summed E-state index contributed by atoms with van der Waals surface area (Å²) in [4.78, 5) is 0. The molecular formula is C12H28N12O2. The van der Waals surface area contributed by atoms with Crippen molar-refractivity contribution in [3.8, 4) is 0 Å². The molecule has 14 nitrogen and oxygen atoms in total.